The van der Waals surface area contributed by atoms with E-state index in [0.29, 0.717) is 40.9 Å². The Bertz CT molecular complexity index is 1090. The van der Waals surface area contributed by atoms with Crippen molar-refractivity contribution in [3.05, 3.63) is 45.7 Å². The van der Waals surface area contributed by atoms with E-state index in [2.05, 4.69) is 47.6 Å². The Morgan fingerprint density at radius 3 is 2.48 bits per heavy atom. The molecule has 0 atom stereocenters. The lowest BCUT2D eigenvalue weighted by Crippen LogP contribution is -2.37. The highest BCUT2D eigenvalue weighted by Crippen LogP contribution is 2.26. The summed E-state index contributed by atoms with van der Waals surface area (Å²) >= 11 is 1.25. The maximum absolute atomic E-state index is 12.8. The fraction of sp³-hybridized carbons (Fsp3) is 0.381. The standard InChI is InChI=1S/C21H25N7O2S/c1-12-9-13(2)17(14(3)10-12)25-18(29)16-11-22-21(31-16)27-19-23-15(4)24-20(26-19)28-5-7-30-8-6-28/h9-11H,5-8H2,1-4H3,(H,25,29)(H,22,23,24,26,27). The van der Waals surface area contributed by atoms with Gasteiger partial charge in [-0.25, -0.2) is 4.98 Å². The van der Waals surface area contributed by atoms with Gasteiger partial charge in [-0.2, -0.15) is 15.0 Å². The second-order valence-electron chi connectivity index (χ2n) is 7.49. The van der Waals surface area contributed by atoms with E-state index in [1.54, 1.807) is 6.20 Å². The van der Waals surface area contributed by atoms with Gasteiger partial charge in [0.05, 0.1) is 19.4 Å². The average molecular weight is 440 g/mol. The summed E-state index contributed by atoms with van der Waals surface area (Å²) in [6, 6.07) is 4.11. The van der Waals surface area contributed by atoms with Crippen molar-refractivity contribution in [1.82, 2.24) is 19.9 Å². The normalized spacial score (nSPS) is 13.9. The predicted octanol–water partition coefficient (Wildman–Crippen LogP) is 3.39. The van der Waals surface area contributed by atoms with Crippen LogP contribution in [0.25, 0.3) is 0 Å². The van der Waals surface area contributed by atoms with Crippen molar-refractivity contribution in [3.63, 3.8) is 0 Å². The van der Waals surface area contributed by atoms with Crippen LogP contribution in [0.15, 0.2) is 18.3 Å². The Kier molecular flexibility index (Phi) is 6.10. The number of amides is 1. The molecule has 0 radical (unpaired) electrons. The fourth-order valence-electron chi connectivity index (χ4n) is 3.51. The summed E-state index contributed by atoms with van der Waals surface area (Å²) in [5.74, 6) is 1.43. The number of morpholine rings is 1. The second-order valence-corrected chi connectivity index (χ2v) is 8.52. The highest BCUT2D eigenvalue weighted by molar-refractivity contribution is 7.17. The Morgan fingerprint density at radius 2 is 1.77 bits per heavy atom. The first kappa shape index (κ1) is 21.1. The van der Waals surface area contributed by atoms with Crippen LogP contribution in [-0.2, 0) is 4.74 Å². The molecule has 9 nitrogen and oxygen atoms in total. The maximum Gasteiger partial charge on any atom is 0.267 e. The molecule has 4 rings (SSSR count). The van der Waals surface area contributed by atoms with E-state index in [0.717, 1.165) is 29.9 Å². The van der Waals surface area contributed by atoms with E-state index in [4.69, 9.17) is 4.74 Å². The van der Waals surface area contributed by atoms with E-state index < -0.39 is 0 Å². The number of ether oxygens (including phenoxy) is 1. The van der Waals surface area contributed by atoms with Crippen LogP contribution < -0.4 is 15.5 Å². The molecule has 1 aliphatic heterocycles. The molecule has 0 unspecified atom stereocenters. The summed E-state index contributed by atoms with van der Waals surface area (Å²) in [6.45, 7) is 10.6. The van der Waals surface area contributed by atoms with Crippen LogP contribution in [0.1, 0.15) is 32.2 Å². The topological polar surface area (TPSA) is 105 Å². The zero-order chi connectivity index (χ0) is 22.0. The third-order valence-corrected chi connectivity index (χ3v) is 5.80. The average Bonchev–Trinajstić information content (AvgIpc) is 3.19. The van der Waals surface area contributed by atoms with Crippen molar-refractivity contribution in [2.75, 3.05) is 41.8 Å². The molecule has 1 aromatic carbocycles. The molecule has 1 aliphatic rings. The Labute approximate surface area is 184 Å². The summed E-state index contributed by atoms with van der Waals surface area (Å²) in [5.41, 5.74) is 4.07. The minimum Gasteiger partial charge on any atom is -0.378 e. The van der Waals surface area contributed by atoms with Gasteiger partial charge in [-0.3, -0.25) is 10.1 Å². The van der Waals surface area contributed by atoms with Crippen LogP contribution in [-0.4, -0.2) is 52.1 Å². The first-order valence-electron chi connectivity index (χ1n) is 10.1. The zero-order valence-corrected chi connectivity index (χ0v) is 18.8. The number of hydrogen-bond acceptors (Lipinski definition) is 9. The van der Waals surface area contributed by atoms with E-state index in [1.807, 2.05) is 27.7 Å². The van der Waals surface area contributed by atoms with Crippen molar-refractivity contribution < 1.29 is 9.53 Å². The molecule has 0 spiro atoms. The summed E-state index contributed by atoms with van der Waals surface area (Å²) in [6.07, 6.45) is 1.55. The number of carbonyl (C=O) groups is 1. The minimum atomic E-state index is -0.193. The number of anilines is 4. The third-order valence-electron chi connectivity index (χ3n) is 4.89. The lowest BCUT2D eigenvalue weighted by atomic mass is 10.1. The molecule has 1 saturated heterocycles. The van der Waals surface area contributed by atoms with Crippen LogP contribution in [0.3, 0.4) is 0 Å². The van der Waals surface area contributed by atoms with Gasteiger partial charge in [-0.15, -0.1) is 0 Å². The molecule has 1 fully saturated rings. The number of nitrogens with zero attached hydrogens (tertiary/aromatic N) is 5. The van der Waals surface area contributed by atoms with E-state index >= 15 is 0 Å². The maximum atomic E-state index is 12.8. The van der Waals surface area contributed by atoms with E-state index in [9.17, 15) is 4.79 Å². The molecular formula is C21H25N7O2S. The number of aryl methyl sites for hydroxylation is 4. The lowest BCUT2D eigenvalue weighted by molar-refractivity contribution is 0.103. The summed E-state index contributed by atoms with van der Waals surface area (Å²) < 4.78 is 5.39. The van der Waals surface area contributed by atoms with Gasteiger partial charge in [0.1, 0.15) is 10.7 Å². The van der Waals surface area contributed by atoms with Crippen molar-refractivity contribution in [2.24, 2.45) is 0 Å². The first-order valence-corrected chi connectivity index (χ1v) is 10.9. The van der Waals surface area contributed by atoms with Gasteiger partial charge in [0.25, 0.3) is 5.91 Å². The van der Waals surface area contributed by atoms with Gasteiger partial charge < -0.3 is 15.0 Å². The number of hydrogen-bond donors (Lipinski definition) is 2. The summed E-state index contributed by atoms with van der Waals surface area (Å²) in [4.78, 5) is 32.9. The lowest BCUT2D eigenvalue weighted by Gasteiger charge is -2.26. The zero-order valence-electron chi connectivity index (χ0n) is 18.0. The van der Waals surface area contributed by atoms with Crippen LogP contribution >= 0.6 is 11.3 Å². The number of benzene rings is 1. The molecule has 162 valence electrons. The Hall–Kier alpha value is -3.11. The van der Waals surface area contributed by atoms with Crippen LogP contribution in [0.5, 0.6) is 0 Å². The molecule has 1 amide bonds. The monoisotopic (exact) mass is 439 g/mol. The van der Waals surface area contributed by atoms with Gasteiger partial charge in [0, 0.05) is 18.8 Å². The highest BCUT2D eigenvalue weighted by atomic mass is 32.1. The molecule has 0 saturated carbocycles. The molecule has 0 aliphatic carbocycles. The van der Waals surface area contributed by atoms with Crippen molar-refractivity contribution in [1.29, 1.82) is 0 Å². The van der Waals surface area contributed by atoms with E-state index in [-0.39, 0.29) is 5.91 Å². The minimum absolute atomic E-state index is 0.193. The molecule has 2 aromatic heterocycles. The number of carbonyl (C=O) groups excluding carboxylic acids is 1. The van der Waals surface area contributed by atoms with Gasteiger partial charge in [0.15, 0.2) is 5.13 Å². The van der Waals surface area contributed by atoms with Gasteiger partial charge >= 0.3 is 0 Å². The number of nitrogens with one attached hydrogen (secondary N) is 2. The Morgan fingerprint density at radius 1 is 1.06 bits per heavy atom. The van der Waals surface area contributed by atoms with Gasteiger partial charge in [-0.1, -0.05) is 29.0 Å². The molecule has 2 N–H and O–H groups in total. The molecule has 31 heavy (non-hydrogen) atoms. The SMILES string of the molecule is Cc1cc(C)c(NC(=O)c2cnc(Nc3nc(C)nc(N4CCOCC4)n3)s2)c(C)c1. The van der Waals surface area contributed by atoms with Crippen LogP contribution in [0.4, 0.5) is 22.7 Å². The number of aromatic nitrogens is 4. The van der Waals surface area contributed by atoms with Gasteiger partial charge in [-0.05, 0) is 38.8 Å². The highest BCUT2D eigenvalue weighted by Gasteiger charge is 2.17. The van der Waals surface area contributed by atoms with Gasteiger partial charge in [0.2, 0.25) is 11.9 Å². The molecule has 10 heteroatoms. The molecule has 3 aromatic rings. The largest absolute Gasteiger partial charge is 0.378 e. The third kappa shape index (κ3) is 4.97. The van der Waals surface area contributed by atoms with Crippen molar-refractivity contribution in [2.45, 2.75) is 27.7 Å². The first-order chi connectivity index (χ1) is 14.9. The smallest absolute Gasteiger partial charge is 0.267 e. The van der Waals surface area contributed by atoms with Crippen LogP contribution in [0, 0.1) is 27.7 Å². The van der Waals surface area contributed by atoms with E-state index in [1.165, 1.54) is 16.9 Å². The number of thiazole rings is 1. The summed E-state index contributed by atoms with van der Waals surface area (Å²) in [5, 5.41) is 6.65. The summed E-state index contributed by atoms with van der Waals surface area (Å²) in [7, 11) is 0. The molecule has 3 heterocycles. The van der Waals surface area contributed by atoms with Crippen LogP contribution in [0.2, 0.25) is 0 Å². The fourth-order valence-corrected chi connectivity index (χ4v) is 4.22. The Balaban J connectivity index is 1.48. The quantitative estimate of drug-likeness (QED) is 0.623. The molecule has 0 bridgehead atoms. The van der Waals surface area contributed by atoms with Crippen molar-refractivity contribution in [3.8, 4) is 0 Å². The predicted molar refractivity (Wildman–Crippen MR) is 122 cm³/mol. The molecular weight excluding hydrogens is 414 g/mol. The second kappa shape index (κ2) is 8.94. The number of rotatable bonds is 5. The van der Waals surface area contributed by atoms with Crippen molar-refractivity contribution >= 4 is 40.0 Å².